The molecule has 2 rings (SSSR count). The van der Waals surface area contributed by atoms with E-state index in [-0.39, 0.29) is 17.7 Å². The average molecular weight is 270 g/mol. The van der Waals surface area contributed by atoms with E-state index >= 15 is 0 Å². The molecular weight excluding hydrogens is 244 g/mol. The van der Waals surface area contributed by atoms with Gasteiger partial charge in [-0.25, -0.2) is 0 Å². The van der Waals surface area contributed by atoms with Gasteiger partial charge in [-0.1, -0.05) is 13.3 Å². The molecule has 2 fully saturated rings. The number of likely N-dealkylation sites (tertiary alicyclic amines) is 1. The van der Waals surface area contributed by atoms with E-state index in [0.717, 1.165) is 38.8 Å². The van der Waals surface area contributed by atoms with Gasteiger partial charge in [-0.15, -0.1) is 0 Å². The zero-order valence-electron chi connectivity index (χ0n) is 12.1. The molecule has 2 aliphatic heterocycles. The van der Waals surface area contributed by atoms with E-state index in [1.165, 1.54) is 0 Å². The van der Waals surface area contributed by atoms with Crippen LogP contribution < -0.4 is 5.32 Å². The summed E-state index contributed by atoms with van der Waals surface area (Å²) in [6, 6.07) is 0.273. The fourth-order valence-electron chi connectivity index (χ4n) is 2.87. The lowest BCUT2D eigenvalue weighted by atomic mass is 10.0. The quantitative estimate of drug-likeness (QED) is 0.813. The summed E-state index contributed by atoms with van der Waals surface area (Å²) in [5, 5.41) is 3.05. The summed E-state index contributed by atoms with van der Waals surface area (Å²) >= 11 is 0. The number of carbonyl (C=O) groups excluding carboxylic acids is 1. The molecule has 5 nitrogen and oxygen atoms in total. The summed E-state index contributed by atoms with van der Waals surface area (Å²) in [5.41, 5.74) is 0. The van der Waals surface area contributed by atoms with Crippen molar-refractivity contribution >= 4 is 5.91 Å². The van der Waals surface area contributed by atoms with Crippen LogP contribution in [0.1, 0.15) is 39.5 Å². The Hall–Kier alpha value is -0.650. The van der Waals surface area contributed by atoms with Crippen LogP contribution in [-0.4, -0.2) is 55.5 Å². The molecule has 5 heteroatoms. The molecule has 0 aromatic rings. The van der Waals surface area contributed by atoms with Gasteiger partial charge in [0.25, 0.3) is 0 Å². The Bertz CT molecular complexity index is 293. The molecule has 1 amide bonds. The van der Waals surface area contributed by atoms with E-state index in [0.29, 0.717) is 19.8 Å². The van der Waals surface area contributed by atoms with Crippen molar-refractivity contribution in [2.45, 2.75) is 51.4 Å². The van der Waals surface area contributed by atoms with Crippen molar-refractivity contribution in [3.05, 3.63) is 0 Å². The molecule has 0 aliphatic carbocycles. The van der Waals surface area contributed by atoms with Crippen LogP contribution in [0.4, 0.5) is 0 Å². The molecular formula is C14H26N2O3. The maximum Gasteiger partial charge on any atom is 0.234 e. The zero-order chi connectivity index (χ0) is 13.7. The molecule has 110 valence electrons. The Morgan fingerprint density at radius 1 is 1.32 bits per heavy atom. The number of rotatable bonds is 5. The Kier molecular flexibility index (Phi) is 5.19. The first-order valence-electron chi connectivity index (χ1n) is 7.43. The van der Waals surface area contributed by atoms with Crippen LogP contribution in [0.25, 0.3) is 0 Å². The van der Waals surface area contributed by atoms with E-state index in [4.69, 9.17) is 9.47 Å². The van der Waals surface area contributed by atoms with Crippen LogP contribution in [0.5, 0.6) is 0 Å². The van der Waals surface area contributed by atoms with E-state index in [9.17, 15) is 4.79 Å². The van der Waals surface area contributed by atoms with Crippen molar-refractivity contribution in [1.82, 2.24) is 10.2 Å². The van der Waals surface area contributed by atoms with Gasteiger partial charge in [-0.3, -0.25) is 9.69 Å². The topological polar surface area (TPSA) is 50.8 Å². The SMILES string of the molecule is CCCC(C)NC(=O)CN1CCC2(CC1)OCCO2. The summed E-state index contributed by atoms with van der Waals surface area (Å²) in [6.45, 7) is 7.83. The summed E-state index contributed by atoms with van der Waals surface area (Å²) in [7, 11) is 0. The highest BCUT2D eigenvalue weighted by molar-refractivity contribution is 5.78. The molecule has 1 unspecified atom stereocenters. The van der Waals surface area contributed by atoms with Crippen LogP contribution in [0.2, 0.25) is 0 Å². The van der Waals surface area contributed by atoms with Gasteiger partial charge in [-0.2, -0.15) is 0 Å². The first-order chi connectivity index (χ1) is 9.13. The molecule has 0 saturated carbocycles. The zero-order valence-corrected chi connectivity index (χ0v) is 12.1. The summed E-state index contributed by atoms with van der Waals surface area (Å²) in [5.74, 6) is -0.215. The number of carbonyl (C=O) groups is 1. The highest BCUT2D eigenvalue weighted by Gasteiger charge is 2.39. The Morgan fingerprint density at radius 2 is 1.95 bits per heavy atom. The maximum atomic E-state index is 11.9. The molecule has 1 spiro atoms. The molecule has 2 aliphatic rings. The number of amides is 1. The van der Waals surface area contributed by atoms with Gasteiger partial charge in [0.1, 0.15) is 0 Å². The maximum absolute atomic E-state index is 11.9. The number of hydrogen-bond acceptors (Lipinski definition) is 4. The lowest BCUT2D eigenvalue weighted by Crippen LogP contribution is -2.49. The highest BCUT2D eigenvalue weighted by Crippen LogP contribution is 2.30. The first-order valence-corrected chi connectivity index (χ1v) is 7.43. The predicted molar refractivity (Wildman–Crippen MR) is 72.8 cm³/mol. The second kappa shape index (κ2) is 6.68. The van der Waals surface area contributed by atoms with Gasteiger partial charge in [0.15, 0.2) is 5.79 Å². The van der Waals surface area contributed by atoms with Gasteiger partial charge < -0.3 is 14.8 Å². The normalized spacial score (nSPS) is 24.5. The van der Waals surface area contributed by atoms with Gasteiger partial charge in [0.2, 0.25) is 5.91 Å². The Morgan fingerprint density at radius 3 is 2.53 bits per heavy atom. The van der Waals surface area contributed by atoms with Crippen molar-refractivity contribution in [2.24, 2.45) is 0 Å². The molecule has 0 bridgehead atoms. The molecule has 0 aromatic heterocycles. The molecule has 0 radical (unpaired) electrons. The molecule has 1 atom stereocenters. The van der Waals surface area contributed by atoms with Gasteiger partial charge in [0.05, 0.1) is 19.8 Å². The number of piperidine rings is 1. The van der Waals surface area contributed by atoms with Crippen molar-refractivity contribution in [3.63, 3.8) is 0 Å². The number of nitrogens with one attached hydrogen (secondary N) is 1. The first kappa shape index (κ1) is 14.8. The van der Waals surface area contributed by atoms with Crippen molar-refractivity contribution in [1.29, 1.82) is 0 Å². The van der Waals surface area contributed by atoms with Crippen LogP contribution in [-0.2, 0) is 14.3 Å². The van der Waals surface area contributed by atoms with E-state index in [1.807, 2.05) is 0 Å². The number of ether oxygens (including phenoxy) is 2. The van der Waals surface area contributed by atoms with Gasteiger partial charge >= 0.3 is 0 Å². The Balaban J connectivity index is 1.68. The third-order valence-electron chi connectivity index (χ3n) is 3.93. The van der Waals surface area contributed by atoms with Crippen LogP contribution in [0.15, 0.2) is 0 Å². The third-order valence-corrected chi connectivity index (χ3v) is 3.93. The van der Waals surface area contributed by atoms with E-state index in [1.54, 1.807) is 0 Å². The minimum Gasteiger partial charge on any atom is -0.353 e. The van der Waals surface area contributed by atoms with E-state index < -0.39 is 0 Å². The minimum atomic E-state index is -0.345. The fourth-order valence-corrected chi connectivity index (χ4v) is 2.87. The molecule has 1 N–H and O–H groups in total. The number of hydrogen-bond donors (Lipinski definition) is 1. The van der Waals surface area contributed by atoms with Crippen molar-refractivity contribution < 1.29 is 14.3 Å². The van der Waals surface area contributed by atoms with Crippen molar-refractivity contribution in [2.75, 3.05) is 32.8 Å². The highest BCUT2D eigenvalue weighted by atomic mass is 16.7. The van der Waals surface area contributed by atoms with Crippen LogP contribution >= 0.6 is 0 Å². The van der Waals surface area contributed by atoms with E-state index in [2.05, 4.69) is 24.1 Å². The lowest BCUT2D eigenvalue weighted by molar-refractivity contribution is -0.185. The molecule has 19 heavy (non-hydrogen) atoms. The Labute approximate surface area is 115 Å². The summed E-state index contributed by atoms with van der Waals surface area (Å²) < 4.78 is 11.4. The minimum absolute atomic E-state index is 0.130. The molecule has 2 heterocycles. The number of nitrogens with zero attached hydrogens (tertiary/aromatic N) is 1. The lowest BCUT2D eigenvalue weighted by Gasteiger charge is -2.37. The third kappa shape index (κ3) is 4.16. The van der Waals surface area contributed by atoms with Gasteiger partial charge in [0, 0.05) is 32.0 Å². The van der Waals surface area contributed by atoms with Crippen molar-refractivity contribution in [3.8, 4) is 0 Å². The molecule has 0 aromatic carbocycles. The standard InChI is InChI=1S/C14H26N2O3/c1-3-4-12(2)15-13(17)11-16-7-5-14(6-8-16)18-9-10-19-14/h12H,3-11H2,1-2H3,(H,15,17). The summed E-state index contributed by atoms with van der Waals surface area (Å²) in [4.78, 5) is 14.1. The summed E-state index contributed by atoms with van der Waals surface area (Å²) in [6.07, 6.45) is 3.87. The average Bonchev–Trinajstić information content (AvgIpc) is 2.81. The van der Waals surface area contributed by atoms with Crippen LogP contribution in [0.3, 0.4) is 0 Å². The monoisotopic (exact) mass is 270 g/mol. The molecule has 2 saturated heterocycles. The van der Waals surface area contributed by atoms with Gasteiger partial charge in [-0.05, 0) is 13.3 Å². The second-order valence-corrected chi connectivity index (χ2v) is 5.64. The smallest absolute Gasteiger partial charge is 0.234 e. The second-order valence-electron chi connectivity index (χ2n) is 5.64. The predicted octanol–water partition coefficient (Wildman–Crippen LogP) is 1.13. The fraction of sp³-hybridized carbons (Fsp3) is 0.929. The largest absolute Gasteiger partial charge is 0.353 e. The van der Waals surface area contributed by atoms with Crippen LogP contribution in [0, 0.1) is 0 Å².